The summed E-state index contributed by atoms with van der Waals surface area (Å²) < 4.78 is 2.14. The monoisotopic (exact) mass is 470 g/mol. The summed E-state index contributed by atoms with van der Waals surface area (Å²) in [5.41, 5.74) is 11.6. The van der Waals surface area contributed by atoms with Gasteiger partial charge in [0.05, 0.1) is 6.21 Å². The second kappa shape index (κ2) is 9.73. The first-order valence-electron chi connectivity index (χ1n) is 12.6. The number of aromatic nitrogens is 1. The number of hydrazone groups is 1. The average Bonchev–Trinajstić information content (AvgIpc) is 3.14. The molecule has 4 rings (SSSR count). The van der Waals surface area contributed by atoms with Gasteiger partial charge in [-0.05, 0) is 113 Å². The molecule has 5 nitrogen and oxygen atoms in total. The predicted molar refractivity (Wildman–Crippen MR) is 146 cm³/mol. The molecule has 1 aromatic heterocycles. The molecule has 1 aliphatic rings. The second-order valence-electron chi connectivity index (χ2n) is 10.5. The lowest BCUT2D eigenvalue weighted by molar-refractivity contribution is 0.0955. The zero-order chi connectivity index (χ0) is 25.3. The van der Waals surface area contributed by atoms with Crippen LogP contribution in [0.2, 0.25) is 0 Å². The van der Waals surface area contributed by atoms with Crippen LogP contribution in [0.15, 0.2) is 53.6 Å². The molecule has 3 aromatic rings. The van der Waals surface area contributed by atoms with Gasteiger partial charge in [0.25, 0.3) is 5.91 Å². The highest BCUT2D eigenvalue weighted by Crippen LogP contribution is 2.44. The maximum Gasteiger partial charge on any atom is 0.271 e. The van der Waals surface area contributed by atoms with Gasteiger partial charge in [0, 0.05) is 40.4 Å². The lowest BCUT2D eigenvalue weighted by atomic mass is 9.79. The first-order chi connectivity index (χ1) is 16.6. The number of amides is 1. The van der Waals surface area contributed by atoms with Crippen molar-refractivity contribution in [1.29, 1.82) is 0 Å². The van der Waals surface area contributed by atoms with Crippen molar-refractivity contribution in [3.05, 3.63) is 82.2 Å². The minimum atomic E-state index is -0.217. The topological polar surface area (TPSA) is 49.6 Å². The molecule has 1 atom stereocenters. The van der Waals surface area contributed by atoms with E-state index in [-0.39, 0.29) is 11.4 Å². The molecule has 35 heavy (non-hydrogen) atoms. The Bertz CT molecular complexity index is 1250. The molecule has 1 amide bonds. The van der Waals surface area contributed by atoms with Gasteiger partial charge in [0.2, 0.25) is 0 Å². The third-order valence-electron chi connectivity index (χ3n) is 7.23. The van der Waals surface area contributed by atoms with Gasteiger partial charge in [-0.3, -0.25) is 4.79 Å². The van der Waals surface area contributed by atoms with Gasteiger partial charge in [-0.25, -0.2) is 5.43 Å². The van der Waals surface area contributed by atoms with Gasteiger partial charge in [-0.1, -0.05) is 19.9 Å². The molecule has 0 spiro atoms. The number of rotatable bonds is 6. The summed E-state index contributed by atoms with van der Waals surface area (Å²) in [5.74, 6) is 0.254. The predicted octanol–water partition coefficient (Wildman–Crippen LogP) is 6.67. The third-order valence-corrected chi connectivity index (χ3v) is 7.23. The van der Waals surface area contributed by atoms with Crippen LogP contribution in [0, 0.1) is 20.8 Å². The number of nitrogens with zero attached hydrogens (tertiary/aromatic N) is 3. The van der Waals surface area contributed by atoms with Crippen LogP contribution in [0.25, 0.3) is 5.69 Å². The Hall–Kier alpha value is -3.34. The fourth-order valence-corrected chi connectivity index (χ4v) is 5.52. The quantitative estimate of drug-likeness (QED) is 0.323. The van der Waals surface area contributed by atoms with E-state index in [1.54, 1.807) is 6.21 Å². The maximum atomic E-state index is 12.8. The smallest absolute Gasteiger partial charge is 0.271 e. The summed E-state index contributed by atoms with van der Waals surface area (Å²) >= 11 is 0. The van der Waals surface area contributed by atoms with Crippen molar-refractivity contribution in [3.63, 3.8) is 0 Å². The zero-order valence-electron chi connectivity index (χ0n) is 22.1. The normalized spacial score (nSPS) is 17.0. The first-order valence-corrected chi connectivity index (χ1v) is 12.6. The summed E-state index contributed by atoms with van der Waals surface area (Å²) in [6.07, 6.45) is 4.01. The van der Waals surface area contributed by atoms with Crippen molar-refractivity contribution in [2.24, 2.45) is 5.10 Å². The molecule has 184 valence electrons. The highest BCUT2D eigenvalue weighted by Gasteiger charge is 2.36. The Morgan fingerprint density at radius 2 is 1.83 bits per heavy atom. The summed E-state index contributed by atoms with van der Waals surface area (Å²) in [6.45, 7) is 16.5. The molecule has 1 N–H and O–H groups in total. The Labute approximate surface area is 209 Å². The lowest BCUT2D eigenvalue weighted by Gasteiger charge is -2.48. The molecule has 1 aliphatic heterocycles. The number of benzene rings is 2. The molecule has 0 radical (unpaired) electrons. The molecule has 2 aromatic carbocycles. The standard InChI is InChI=1S/C30H38N4O/c1-8-14-33-28-15-20(2)25(17-27(28)21(3)18-30(33,6)7)19-31-32-29(35)24-10-9-11-26(16-24)34-22(4)12-13-23(34)5/h9-13,15-17,19,21H,8,14,18H2,1-7H3,(H,32,35)/b31-19-. The van der Waals surface area contributed by atoms with Gasteiger partial charge >= 0.3 is 0 Å². The van der Waals surface area contributed by atoms with E-state index < -0.39 is 0 Å². The maximum absolute atomic E-state index is 12.8. The minimum absolute atomic E-state index is 0.144. The molecule has 5 heteroatoms. The molecule has 0 fully saturated rings. The first kappa shape index (κ1) is 24.8. The van der Waals surface area contributed by atoms with E-state index in [0.29, 0.717) is 11.5 Å². The van der Waals surface area contributed by atoms with E-state index >= 15 is 0 Å². The van der Waals surface area contributed by atoms with E-state index in [2.05, 4.69) is 92.7 Å². The molecule has 2 heterocycles. The molecule has 0 saturated heterocycles. The summed E-state index contributed by atoms with van der Waals surface area (Å²) in [7, 11) is 0. The number of aryl methyl sites for hydroxylation is 3. The van der Waals surface area contributed by atoms with Crippen molar-refractivity contribution in [2.75, 3.05) is 11.4 Å². The van der Waals surface area contributed by atoms with E-state index in [0.717, 1.165) is 47.6 Å². The fourth-order valence-electron chi connectivity index (χ4n) is 5.52. The number of anilines is 1. The van der Waals surface area contributed by atoms with Crippen molar-refractivity contribution < 1.29 is 4.79 Å². The number of hydrogen-bond donors (Lipinski definition) is 1. The van der Waals surface area contributed by atoms with Crippen LogP contribution in [0.4, 0.5) is 5.69 Å². The molecule has 0 aliphatic carbocycles. The van der Waals surface area contributed by atoms with Gasteiger partial charge in [0.1, 0.15) is 0 Å². The molecular formula is C30H38N4O. The molecular weight excluding hydrogens is 432 g/mol. The Balaban J connectivity index is 1.54. The second-order valence-corrected chi connectivity index (χ2v) is 10.5. The van der Waals surface area contributed by atoms with E-state index in [4.69, 9.17) is 0 Å². The zero-order valence-corrected chi connectivity index (χ0v) is 22.1. The Morgan fingerprint density at radius 1 is 1.11 bits per heavy atom. The van der Waals surface area contributed by atoms with Gasteiger partial charge in [-0.15, -0.1) is 0 Å². The van der Waals surface area contributed by atoms with Crippen molar-refractivity contribution >= 4 is 17.8 Å². The minimum Gasteiger partial charge on any atom is -0.366 e. The number of carbonyl (C=O) groups excluding carboxylic acids is 1. The van der Waals surface area contributed by atoms with Gasteiger partial charge in [0.15, 0.2) is 0 Å². The van der Waals surface area contributed by atoms with Crippen molar-refractivity contribution in [2.45, 2.75) is 72.8 Å². The molecule has 1 unspecified atom stereocenters. The highest BCUT2D eigenvalue weighted by molar-refractivity contribution is 5.95. The van der Waals surface area contributed by atoms with Crippen LogP contribution in [0.5, 0.6) is 0 Å². The third kappa shape index (κ3) is 4.90. The number of carbonyl (C=O) groups is 1. The van der Waals surface area contributed by atoms with E-state index in [1.165, 1.54) is 11.3 Å². The summed E-state index contributed by atoms with van der Waals surface area (Å²) in [5, 5.41) is 4.32. The van der Waals surface area contributed by atoms with Crippen LogP contribution in [0.1, 0.15) is 84.9 Å². The Kier molecular flexibility index (Phi) is 6.88. The van der Waals surface area contributed by atoms with E-state index in [1.807, 2.05) is 24.3 Å². The van der Waals surface area contributed by atoms with Crippen molar-refractivity contribution in [1.82, 2.24) is 9.99 Å². The van der Waals surface area contributed by atoms with Crippen LogP contribution in [0.3, 0.4) is 0 Å². The fraction of sp³-hybridized carbons (Fsp3) is 0.400. The van der Waals surface area contributed by atoms with Crippen LogP contribution < -0.4 is 10.3 Å². The lowest BCUT2D eigenvalue weighted by Crippen LogP contribution is -2.48. The highest BCUT2D eigenvalue weighted by atomic mass is 16.2. The Morgan fingerprint density at radius 3 is 2.51 bits per heavy atom. The van der Waals surface area contributed by atoms with Crippen molar-refractivity contribution in [3.8, 4) is 5.69 Å². The summed E-state index contributed by atoms with van der Waals surface area (Å²) in [4.78, 5) is 15.4. The molecule has 0 saturated carbocycles. The molecule has 0 bridgehead atoms. The number of fused-ring (bicyclic) bond motifs is 1. The van der Waals surface area contributed by atoms with Gasteiger partial charge < -0.3 is 9.47 Å². The van der Waals surface area contributed by atoms with Gasteiger partial charge in [-0.2, -0.15) is 5.10 Å². The SMILES string of the molecule is CCCN1c2cc(C)c(/C=N\NC(=O)c3cccc(-n4c(C)ccc4C)c3)cc2C(C)CC1(C)C. The summed E-state index contributed by atoms with van der Waals surface area (Å²) in [6, 6.07) is 16.3. The number of hydrogen-bond acceptors (Lipinski definition) is 3. The van der Waals surface area contributed by atoms with E-state index in [9.17, 15) is 4.79 Å². The average molecular weight is 471 g/mol. The van der Waals surface area contributed by atoms with Crippen LogP contribution in [-0.2, 0) is 0 Å². The van der Waals surface area contributed by atoms with Crippen LogP contribution >= 0.6 is 0 Å². The van der Waals surface area contributed by atoms with Crippen LogP contribution in [-0.4, -0.2) is 28.8 Å². The number of nitrogens with one attached hydrogen (secondary N) is 1. The largest absolute Gasteiger partial charge is 0.366 e.